The monoisotopic (exact) mass is 374 g/mol. The molecule has 1 aliphatic rings. The molecular formula is C20H23FN2O2S. The Balaban J connectivity index is 1.81. The number of halogens is 1. The smallest absolute Gasteiger partial charge is 0.173 e. The number of likely N-dealkylation sites (tertiary alicyclic amines) is 1. The predicted molar refractivity (Wildman–Crippen MR) is 106 cm³/mol. The Kier molecular flexibility index (Phi) is 5.61. The van der Waals surface area contributed by atoms with Crippen molar-refractivity contribution in [1.29, 1.82) is 0 Å². The van der Waals surface area contributed by atoms with Crippen LogP contribution in [-0.4, -0.2) is 30.8 Å². The van der Waals surface area contributed by atoms with E-state index in [2.05, 4.69) is 10.2 Å². The molecule has 0 aromatic heterocycles. The highest BCUT2D eigenvalue weighted by molar-refractivity contribution is 7.80. The molecule has 6 heteroatoms. The number of anilines is 1. The summed E-state index contributed by atoms with van der Waals surface area (Å²) in [7, 11) is 3.29. The Bertz CT molecular complexity index is 812. The lowest BCUT2D eigenvalue weighted by Crippen LogP contribution is -2.34. The van der Waals surface area contributed by atoms with Crippen LogP contribution in [0.25, 0.3) is 0 Å². The number of thiocarbonyl (C=S) groups is 1. The van der Waals surface area contributed by atoms with Gasteiger partial charge in [0, 0.05) is 23.9 Å². The minimum Gasteiger partial charge on any atom is -0.497 e. The number of nitrogens with one attached hydrogen (secondary N) is 1. The molecular weight excluding hydrogens is 351 g/mol. The molecule has 1 N–H and O–H groups in total. The van der Waals surface area contributed by atoms with Crippen LogP contribution in [0.3, 0.4) is 0 Å². The van der Waals surface area contributed by atoms with E-state index in [9.17, 15) is 4.39 Å². The van der Waals surface area contributed by atoms with Crippen molar-refractivity contribution >= 4 is 23.0 Å². The minimum absolute atomic E-state index is 0.117. The van der Waals surface area contributed by atoms with Crippen LogP contribution in [0.4, 0.5) is 10.1 Å². The molecule has 1 fully saturated rings. The van der Waals surface area contributed by atoms with Gasteiger partial charge in [-0.05, 0) is 61.8 Å². The highest BCUT2D eigenvalue weighted by Gasteiger charge is 2.30. The van der Waals surface area contributed by atoms with E-state index in [4.69, 9.17) is 21.7 Å². The number of ether oxygens (including phenoxy) is 2. The number of rotatable bonds is 4. The van der Waals surface area contributed by atoms with Crippen LogP contribution in [0.5, 0.6) is 11.5 Å². The quantitative estimate of drug-likeness (QED) is 0.786. The number of aryl methyl sites for hydroxylation is 1. The van der Waals surface area contributed by atoms with Gasteiger partial charge in [0.1, 0.15) is 17.3 Å². The van der Waals surface area contributed by atoms with Crippen molar-refractivity contribution in [3.8, 4) is 11.5 Å². The van der Waals surface area contributed by atoms with Crippen molar-refractivity contribution in [2.45, 2.75) is 25.8 Å². The number of methoxy groups -OCH3 is 2. The fourth-order valence-corrected chi connectivity index (χ4v) is 3.63. The van der Waals surface area contributed by atoms with Gasteiger partial charge in [0.2, 0.25) is 0 Å². The number of benzene rings is 2. The van der Waals surface area contributed by atoms with Crippen molar-refractivity contribution < 1.29 is 13.9 Å². The van der Waals surface area contributed by atoms with E-state index in [0.29, 0.717) is 16.4 Å². The lowest BCUT2D eigenvalue weighted by Gasteiger charge is -2.29. The summed E-state index contributed by atoms with van der Waals surface area (Å²) < 4.78 is 24.6. The SMILES string of the molecule is COc1ccc([C@@H]2CCCN2C(=S)Nc2ccc(C)c(F)c2)c(OC)c1. The Morgan fingerprint density at radius 3 is 2.69 bits per heavy atom. The molecule has 1 saturated heterocycles. The average molecular weight is 374 g/mol. The topological polar surface area (TPSA) is 33.7 Å². The third-order valence-electron chi connectivity index (χ3n) is 4.74. The molecule has 3 rings (SSSR count). The van der Waals surface area contributed by atoms with Crippen LogP contribution in [0, 0.1) is 12.7 Å². The van der Waals surface area contributed by atoms with Crippen molar-refractivity contribution in [3.05, 3.63) is 53.3 Å². The average Bonchev–Trinajstić information content (AvgIpc) is 3.13. The van der Waals surface area contributed by atoms with Crippen molar-refractivity contribution in [2.24, 2.45) is 0 Å². The summed E-state index contributed by atoms with van der Waals surface area (Å²) >= 11 is 5.60. The summed E-state index contributed by atoms with van der Waals surface area (Å²) in [5, 5.41) is 3.75. The lowest BCUT2D eigenvalue weighted by molar-refractivity contribution is 0.362. The molecule has 0 unspecified atom stereocenters. The molecule has 2 aromatic carbocycles. The number of hydrogen-bond acceptors (Lipinski definition) is 3. The molecule has 1 heterocycles. The van der Waals surface area contributed by atoms with E-state index in [1.807, 2.05) is 24.3 Å². The highest BCUT2D eigenvalue weighted by atomic mass is 32.1. The van der Waals surface area contributed by atoms with Gasteiger partial charge in [0.05, 0.1) is 20.3 Å². The fourth-order valence-electron chi connectivity index (χ4n) is 3.29. The zero-order valence-corrected chi connectivity index (χ0v) is 16.0. The molecule has 0 radical (unpaired) electrons. The van der Waals surface area contributed by atoms with Crippen LogP contribution in [0.1, 0.15) is 30.0 Å². The Hall–Kier alpha value is -2.34. The van der Waals surface area contributed by atoms with Crippen LogP contribution in [0.2, 0.25) is 0 Å². The zero-order chi connectivity index (χ0) is 18.7. The van der Waals surface area contributed by atoms with Gasteiger partial charge >= 0.3 is 0 Å². The molecule has 0 bridgehead atoms. The van der Waals surface area contributed by atoms with Gasteiger partial charge in [-0.2, -0.15) is 0 Å². The largest absolute Gasteiger partial charge is 0.497 e. The Labute approximate surface area is 158 Å². The van der Waals surface area contributed by atoms with E-state index in [-0.39, 0.29) is 11.9 Å². The summed E-state index contributed by atoms with van der Waals surface area (Å²) in [6.45, 7) is 2.59. The molecule has 26 heavy (non-hydrogen) atoms. The zero-order valence-electron chi connectivity index (χ0n) is 15.2. The van der Waals surface area contributed by atoms with Crippen molar-refractivity contribution in [3.63, 3.8) is 0 Å². The third-order valence-corrected chi connectivity index (χ3v) is 5.07. The summed E-state index contributed by atoms with van der Waals surface area (Å²) in [6, 6.07) is 11.0. The van der Waals surface area contributed by atoms with E-state index in [0.717, 1.165) is 36.4 Å². The maximum Gasteiger partial charge on any atom is 0.173 e. The molecule has 2 aromatic rings. The highest BCUT2D eigenvalue weighted by Crippen LogP contribution is 2.39. The van der Waals surface area contributed by atoms with Gasteiger partial charge in [-0.3, -0.25) is 0 Å². The van der Waals surface area contributed by atoms with E-state index in [1.165, 1.54) is 6.07 Å². The van der Waals surface area contributed by atoms with Crippen LogP contribution >= 0.6 is 12.2 Å². The standard InChI is InChI=1S/C20H23FN2O2S/c1-13-6-7-14(11-17(13)21)22-20(26)23-10-4-5-18(23)16-9-8-15(24-2)12-19(16)25-3/h6-9,11-12,18H,4-5,10H2,1-3H3,(H,22,26)/t18-/m0/s1. The maximum atomic E-state index is 13.8. The first-order valence-corrected chi connectivity index (χ1v) is 9.00. The lowest BCUT2D eigenvalue weighted by atomic mass is 10.0. The van der Waals surface area contributed by atoms with Crippen molar-refractivity contribution in [1.82, 2.24) is 4.90 Å². The van der Waals surface area contributed by atoms with Crippen LogP contribution in [-0.2, 0) is 0 Å². The molecule has 1 aliphatic heterocycles. The van der Waals surface area contributed by atoms with Gasteiger partial charge < -0.3 is 19.7 Å². The second-order valence-corrected chi connectivity index (χ2v) is 6.74. The summed E-state index contributed by atoms with van der Waals surface area (Å²) in [6.07, 6.45) is 2.01. The summed E-state index contributed by atoms with van der Waals surface area (Å²) in [4.78, 5) is 2.14. The number of nitrogens with zero attached hydrogens (tertiary/aromatic N) is 1. The second-order valence-electron chi connectivity index (χ2n) is 6.35. The molecule has 0 saturated carbocycles. The van der Waals surface area contributed by atoms with E-state index < -0.39 is 0 Å². The van der Waals surface area contributed by atoms with Gasteiger partial charge in [-0.15, -0.1) is 0 Å². The molecule has 1 atom stereocenters. The second kappa shape index (κ2) is 7.91. The summed E-state index contributed by atoms with van der Waals surface area (Å²) in [5.74, 6) is 1.30. The first-order chi connectivity index (χ1) is 12.5. The van der Waals surface area contributed by atoms with Crippen molar-refractivity contribution in [2.75, 3.05) is 26.1 Å². The third kappa shape index (κ3) is 3.75. The molecule has 0 aliphatic carbocycles. The molecule has 0 amide bonds. The summed E-state index contributed by atoms with van der Waals surface area (Å²) in [5.41, 5.74) is 2.35. The van der Waals surface area contributed by atoms with Gasteiger partial charge in [-0.25, -0.2) is 4.39 Å². The maximum absolute atomic E-state index is 13.8. The molecule has 0 spiro atoms. The van der Waals surface area contributed by atoms with Crippen LogP contribution < -0.4 is 14.8 Å². The first kappa shape index (κ1) is 18.5. The predicted octanol–water partition coefficient (Wildman–Crippen LogP) is 4.69. The molecule has 4 nitrogen and oxygen atoms in total. The van der Waals surface area contributed by atoms with Gasteiger partial charge in [0.15, 0.2) is 5.11 Å². The van der Waals surface area contributed by atoms with E-state index in [1.54, 1.807) is 27.2 Å². The number of hydrogen-bond donors (Lipinski definition) is 1. The molecule has 138 valence electrons. The minimum atomic E-state index is -0.243. The Morgan fingerprint density at radius 1 is 1.19 bits per heavy atom. The Morgan fingerprint density at radius 2 is 2.00 bits per heavy atom. The van der Waals surface area contributed by atoms with E-state index >= 15 is 0 Å². The van der Waals surface area contributed by atoms with Crippen LogP contribution in [0.15, 0.2) is 36.4 Å². The van der Waals surface area contributed by atoms with Gasteiger partial charge in [-0.1, -0.05) is 6.07 Å². The fraction of sp³-hybridized carbons (Fsp3) is 0.350. The van der Waals surface area contributed by atoms with Gasteiger partial charge in [0.25, 0.3) is 0 Å². The first-order valence-electron chi connectivity index (χ1n) is 8.59. The normalized spacial score (nSPS) is 16.5.